The fourth-order valence-corrected chi connectivity index (χ4v) is 6.57. The molecule has 0 aromatic rings. The van der Waals surface area contributed by atoms with E-state index in [1.807, 2.05) is 0 Å². The van der Waals surface area contributed by atoms with Gasteiger partial charge in [0.25, 0.3) is 0 Å². The van der Waals surface area contributed by atoms with Crippen LogP contribution in [0.2, 0.25) is 0 Å². The highest BCUT2D eigenvalue weighted by Gasteiger charge is 2.52. The molecule has 0 unspecified atom stereocenters. The van der Waals surface area contributed by atoms with Gasteiger partial charge in [0.05, 0.1) is 32.5 Å². The van der Waals surface area contributed by atoms with Crippen molar-refractivity contribution in [1.82, 2.24) is 16.0 Å². The van der Waals surface area contributed by atoms with Crippen molar-refractivity contribution in [3.8, 4) is 0 Å². The molecule has 3 rings (SSSR count). The lowest BCUT2D eigenvalue weighted by atomic mass is 9.96. The molecular formula is C35H58N4O25. The number of hydrogen-bond acceptors (Lipinski definition) is 23. The Balaban J connectivity index is 1.74. The lowest BCUT2D eigenvalue weighted by Crippen LogP contribution is -2.65. The molecule has 0 bridgehead atoms. The zero-order chi connectivity index (χ0) is 48.0. The molecule has 0 spiro atoms. The average molecular weight is 935 g/mol. The van der Waals surface area contributed by atoms with Crippen LogP contribution < -0.4 is 21.7 Å². The molecule has 3 saturated heterocycles. The summed E-state index contributed by atoms with van der Waals surface area (Å²) in [6, 6.07) is -4.67. The summed E-state index contributed by atoms with van der Waals surface area (Å²) >= 11 is 0. The summed E-state index contributed by atoms with van der Waals surface area (Å²) in [5.74, 6) is -7.18. The monoisotopic (exact) mass is 934 g/mol. The second kappa shape index (κ2) is 25.7. The van der Waals surface area contributed by atoms with E-state index >= 15 is 0 Å². The Morgan fingerprint density at radius 1 is 0.531 bits per heavy atom. The van der Waals surface area contributed by atoms with Crippen molar-refractivity contribution in [3.05, 3.63) is 0 Å². The maximum absolute atomic E-state index is 13.3. The smallest absolute Gasteiger partial charge is 0.303 e. The number of ether oxygens (including phenoxy) is 6. The summed E-state index contributed by atoms with van der Waals surface area (Å²) in [7, 11) is 0. The van der Waals surface area contributed by atoms with Crippen LogP contribution in [0.3, 0.4) is 0 Å². The number of aliphatic carboxylic acids is 3. The van der Waals surface area contributed by atoms with Crippen LogP contribution >= 0.6 is 0 Å². The van der Waals surface area contributed by atoms with Crippen molar-refractivity contribution in [2.75, 3.05) is 33.0 Å². The van der Waals surface area contributed by atoms with E-state index in [0.29, 0.717) is 0 Å². The molecule has 0 aliphatic carbocycles. The Hall–Kier alpha value is -3.86. The SMILES string of the molecule is N[C@@H](CCC(=O)O)C(=O)N[C@@H](CCC(=O)O)C(=O)N[C@@H](CCC(=O)O)C(=O)NCCO[C@H]1O[C@H](CO[C@H]2O[C@H](CO)[C@@H](O)[C@H](O)[C@@H]2O)[C@@H](O)[C@H](O[C@H]2O[C@H](CO)[C@@H](O)[C@H](O)[C@@H]2O)[C@@H]1O. The summed E-state index contributed by atoms with van der Waals surface area (Å²) in [5.41, 5.74) is 5.70. The molecule has 64 heavy (non-hydrogen) atoms. The number of carbonyl (C=O) groups excluding carboxylic acids is 3. The molecule has 18 atom stereocenters. The van der Waals surface area contributed by atoms with E-state index in [4.69, 9.17) is 44.4 Å². The molecule has 3 aliphatic heterocycles. The Labute approximate surface area is 362 Å². The first-order chi connectivity index (χ1) is 30.1. The lowest BCUT2D eigenvalue weighted by Gasteiger charge is -2.46. The highest BCUT2D eigenvalue weighted by molar-refractivity contribution is 5.93. The van der Waals surface area contributed by atoms with Crippen LogP contribution in [0.15, 0.2) is 0 Å². The second-order valence-corrected chi connectivity index (χ2v) is 15.0. The molecule has 3 amide bonds. The largest absolute Gasteiger partial charge is 0.481 e. The van der Waals surface area contributed by atoms with Crippen LogP contribution in [0.4, 0.5) is 0 Å². The van der Waals surface area contributed by atoms with Crippen molar-refractivity contribution < 1.29 is 124 Å². The van der Waals surface area contributed by atoms with E-state index in [1.165, 1.54) is 0 Å². The molecule has 0 saturated carbocycles. The van der Waals surface area contributed by atoms with Gasteiger partial charge < -0.3 is 116 Å². The van der Waals surface area contributed by atoms with Crippen molar-refractivity contribution in [2.24, 2.45) is 5.73 Å². The van der Waals surface area contributed by atoms with Gasteiger partial charge in [-0.1, -0.05) is 0 Å². The van der Waals surface area contributed by atoms with Crippen molar-refractivity contribution in [3.63, 3.8) is 0 Å². The summed E-state index contributed by atoms with van der Waals surface area (Å²) in [6.45, 7) is -3.50. The fourth-order valence-electron chi connectivity index (χ4n) is 6.57. The molecule has 18 N–H and O–H groups in total. The van der Waals surface area contributed by atoms with E-state index < -0.39 is 211 Å². The standard InChI is InChI=1S/C35H58N4O25/c36-12(1-4-18(42)43)30(56)38-14(3-6-20(46)47)32(58)39-13(2-5-19(44)45)31(57)37-7-8-59-34-28(55)29(64-35-27(54)25(52)22(49)16(10-41)62-35)23(50)17(63-34)11-60-33-26(53)24(51)21(48)15(9-40)61-33/h12-17,21-29,33-35,40-41,48-55H,1-11,36H2,(H,37,57)(H,38,56)(H,39,58)(H,42,43)(H,44,45)(H,46,47)/t12-,13-,14-,15+,16+,17+,21+,22+,23+,24-,25-,26-,27-,28-,29-,33-,34-,35+/m0/s1. The molecule has 3 heterocycles. The van der Waals surface area contributed by atoms with E-state index in [1.54, 1.807) is 0 Å². The third-order valence-corrected chi connectivity index (χ3v) is 10.3. The lowest BCUT2D eigenvalue weighted by molar-refractivity contribution is -0.366. The van der Waals surface area contributed by atoms with Crippen LogP contribution in [0.25, 0.3) is 0 Å². The van der Waals surface area contributed by atoms with Gasteiger partial charge in [0.2, 0.25) is 17.7 Å². The zero-order valence-electron chi connectivity index (χ0n) is 34.0. The number of carboxylic acids is 3. The number of carboxylic acid groups (broad SMARTS) is 3. The number of rotatable bonds is 25. The normalized spacial score (nSPS) is 34.5. The number of nitrogens with two attached hydrogens (primary N) is 1. The Morgan fingerprint density at radius 2 is 0.984 bits per heavy atom. The summed E-state index contributed by atoms with van der Waals surface area (Å²) < 4.78 is 33.0. The minimum atomic E-state index is -2.02. The molecule has 3 aliphatic rings. The predicted molar refractivity (Wildman–Crippen MR) is 200 cm³/mol. The predicted octanol–water partition coefficient (Wildman–Crippen LogP) is -9.54. The van der Waals surface area contributed by atoms with Crippen LogP contribution in [-0.2, 0) is 57.2 Å². The second-order valence-electron chi connectivity index (χ2n) is 15.0. The van der Waals surface area contributed by atoms with Crippen molar-refractivity contribution >= 4 is 35.6 Å². The quantitative estimate of drug-likeness (QED) is 0.0378. The molecule has 368 valence electrons. The minimum Gasteiger partial charge on any atom is -0.481 e. The Bertz CT molecular complexity index is 1540. The molecule has 0 aromatic carbocycles. The molecule has 29 nitrogen and oxygen atoms in total. The highest BCUT2D eigenvalue weighted by atomic mass is 16.7. The van der Waals surface area contributed by atoms with Gasteiger partial charge >= 0.3 is 17.9 Å². The number of hydrogen-bond donors (Lipinski definition) is 17. The van der Waals surface area contributed by atoms with Crippen LogP contribution in [0.5, 0.6) is 0 Å². The third-order valence-electron chi connectivity index (χ3n) is 10.3. The number of amides is 3. The maximum atomic E-state index is 13.3. The van der Waals surface area contributed by atoms with Crippen molar-refractivity contribution in [2.45, 2.75) is 149 Å². The highest BCUT2D eigenvalue weighted by Crippen LogP contribution is 2.31. The van der Waals surface area contributed by atoms with E-state index in [2.05, 4.69) is 16.0 Å². The zero-order valence-corrected chi connectivity index (χ0v) is 34.0. The summed E-state index contributed by atoms with van der Waals surface area (Å²) in [4.78, 5) is 72.6. The minimum absolute atomic E-state index is 0.341. The van der Waals surface area contributed by atoms with Gasteiger partial charge in [-0.3, -0.25) is 28.8 Å². The van der Waals surface area contributed by atoms with Gasteiger partial charge in [-0.15, -0.1) is 0 Å². The topological polar surface area (TPSA) is 483 Å². The number of nitrogens with one attached hydrogen (secondary N) is 3. The van der Waals surface area contributed by atoms with Crippen LogP contribution in [0, 0.1) is 0 Å². The number of aliphatic hydroxyl groups is 10. The Morgan fingerprint density at radius 3 is 1.52 bits per heavy atom. The van der Waals surface area contributed by atoms with E-state index in [-0.39, 0.29) is 6.42 Å². The first kappa shape index (κ1) is 54.5. The van der Waals surface area contributed by atoms with Gasteiger partial charge in [0, 0.05) is 25.8 Å². The van der Waals surface area contributed by atoms with E-state index in [9.17, 15) is 84.9 Å². The van der Waals surface area contributed by atoms with Crippen molar-refractivity contribution in [1.29, 1.82) is 0 Å². The number of carbonyl (C=O) groups is 6. The first-order valence-electron chi connectivity index (χ1n) is 19.9. The maximum Gasteiger partial charge on any atom is 0.303 e. The van der Waals surface area contributed by atoms with Gasteiger partial charge in [0.15, 0.2) is 18.9 Å². The first-order valence-corrected chi connectivity index (χ1v) is 19.9. The van der Waals surface area contributed by atoms with Gasteiger partial charge in [-0.05, 0) is 19.3 Å². The molecular weight excluding hydrogens is 876 g/mol. The van der Waals surface area contributed by atoms with E-state index in [0.717, 1.165) is 0 Å². The van der Waals surface area contributed by atoms with Gasteiger partial charge in [-0.2, -0.15) is 0 Å². The average Bonchev–Trinajstić information content (AvgIpc) is 3.25. The third kappa shape index (κ3) is 15.4. The fraction of sp³-hybridized carbons (Fsp3) is 0.829. The van der Waals surface area contributed by atoms with Gasteiger partial charge in [0.1, 0.15) is 85.3 Å². The van der Waals surface area contributed by atoms with Gasteiger partial charge in [-0.25, -0.2) is 0 Å². The molecule has 3 fully saturated rings. The summed E-state index contributed by atoms with van der Waals surface area (Å²) in [5, 5.41) is 137. The van der Waals surface area contributed by atoms with Crippen LogP contribution in [0.1, 0.15) is 38.5 Å². The molecule has 0 radical (unpaired) electrons. The molecule has 29 heteroatoms. The number of aliphatic hydroxyl groups excluding tert-OH is 10. The Kier molecular flexibility index (Phi) is 21.9. The summed E-state index contributed by atoms with van der Waals surface area (Å²) in [6.07, 6.45) is -30.3. The van der Waals surface area contributed by atoms with Crippen LogP contribution in [-0.4, -0.2) is 245 Å². The molecule has 0 aromatic heterocycles.